The number of hydrogen-bond acceptors (Lipinski definition) is 0. The summed E-state index contributed by atoms with van der Waals surface area (Å²) >= 11 is 0. The van der Waals surface area contributed by atoms with Crippen LogP contribution < -0.4 is 0 Å². The van der Waals surface area contributed by atoms with Crippen molar-refractivity contribution in [1.29, 1.82) is 0 Å². The Morgan fingerprint density at radius 3 is 0.526 bits per heavy atom. The molecule has 0 amide bonds. The van der Waals surface area contributed by atoms with Gasteiger partial charge in [-0.3, -0.25) is 0 Å². The zero-order valence-corrected chi connectivity index (χ0v) is 13.7. The summed E-state index contributed by atoms with van der Waals surface area (Å²) in [6.45, 7) is 13.5. The van der Waals surface area contributed by atoms with Crippen molar-refractivity contribution in [2.45, 2.75) is 0 Å². The second kappa shape index (κ2) is 51.4. The van der Waals surface area contributed by atoms with Gasteiger partial charge in [0.1, 0.15) is 0 Å². The molecule has 0 aromatic heterocycles. The molecule has 19 heavy (non-hydrogen) atoms. The van der Waals surface area contributed by atoms with Crippen LogP contribution in [0.1, 0.15) is 0 Å². The van der Waals surface area contributed by atoms with Gasteiger partial charge in [-0.2, -0.15) is 0 Å². The van der Waals surface area contributed by atoms with Gasteiger partial charge in [0.2, 0.25) is 0 Å². The Morgan fingerprint density at radius 1 is 0.421 bits per heavy atom. The largest absolute Gasteiger partial charge is 1.00 e. The van der Waals surface area contributed by atoms with Crippen LogP contribution in [-0.4, -0.2) is 0 Å². The van der Waals surface area contributed by atoms with E-state index in [0.717, 1.165) is 0 Å². The molecule has 2 rings (SSSR count). The quantitative estimate of drug-likeness (QED) is 0.321. The predicted octanol–water partition coefficient (Wildman–Crippen LogP) is 2.38. The van der Waals surface area contributed by atoms with E-state index in [1.54, 1.807) is 0 Å². The van der Waals surface area contributed by atoms with Gasteiger partial charge in [-0.1, -0.05) is 0 Å². The zero-order chi connectivity index (χ0) is 13.1. The van der Waals surface area contributed by atoms with E-state index in [1.165, 1.54) is 0 Å². The molecule has 5 heteroatoms. The summed E-state index contributed by atoms with van der Waals surface area (Å²) in [7, 11) is 0. The molecule has 0 N–H and O–H groups in total. The molecule has 11 radical (unpaired) electrons. The SMILES string of the molecule is [C-]#[O+].[C-]#[O+].[C-]#[O+].[CH3-].[CH]1[CH][CH][CH][CH]1.[CH]1[CH][CH][CH][CH]1.[Ru+].[Ru]. The second-order valence-corrected chi connectivity index (χ2v) is 1.92. The summed E-state index contributed by atoms with van der Waals surface area (Å²) in [5.41, 5.74) is 0. The molecule has 0 spiro atoms. The normalized spacial score (nSPS) is 12.9. The van der Waals surface area contributed by atoms with Gasteiger partial charge in [-0.25, -0.2) is 0 Å². The van der Waals surface area contributed by atoms with Gasteiger partial charge in [-0.15, -0.1) is 0 Å². The number of hydrogen-bond donors (Lipinski definition) is 0. The molecule has 0 atom stereocenters. The van der Waals surface area contributed by atoms with Gasteiger partial charge in [-0.05, 0) is 64.2 Å². The third-order valence-electron chi connectivity index (χ3n) is 1.11. The van der Waals surface area contributed by atoms with Crippen LogP contribution in [0.5, 0.6) is 0 Å². The molecular weight excluding hydrogens is 418 g/mol. The minimum Gasteiger partial charge on any atom is -0.358 e. The molecule has 0 heterocycles. The van der Waals surface area contributed by atoms with Crippen molar-refractivity contribution in [2.24, 2.45) is 0 Å². The van der Waals surface area contributed by atoms with Crippen molar-refractivity contribution in [3.05, 3.63) is 91.6 Å². The molecule has 0 aromatic rings. The summed E-state index contributed by atoms with van der Waals surface area (Å²) in [6.07, 6.45) is 20.0. The first-order chi connectivity index (χ1) is 8.00. The first-order valence-electron chi connectivity index (χ1n) is 3.95. The van der Waals surface area contributed by atoms with E-state index in [1.807, 2.05) is 64.2 Å². The maximum atomic E-state index is 7.50. The maximum Gasteiger partial charge on any atom is 1.00 e. The molecule has 0 saturated heterocycles. The molecule has 2 fully saturated rings. The van der Waals surface area contributed by atoms with Crippen molar-refractivity contribution < 1.29 is 52.9 Å². The van der Waals surface area contributed by atoms with Crippen LogP contribution >= 0.6 is 0 Å². The standard InChI is InChI=1S/2C5H5.3CO.CH3.2Ru/c2*1-2-4-5-3-1;3*1-2;;;/h2*1-5H;;;;1H3;;/q;;;;;-1;;+1. The first kappa shape index (κ1) is 36.6. The summed E-state index contributed by atoms with van der Waals surface area (Å²) in [4.78, 5) is 0. The van der Waals surface area contributed by atoms with E-state index >= 15 is 0 Å². The molecule has 0 bridgehead atoms. The Morgan fingerprint density at radius 2 is 0.474 bits per heavy atom. The summed E-state index contributed by atoms with van der Waals surface area (Å²) in [6, 6.07) is 0. The molecule has 103 valence electrons. The van der Waals surface area contributed by atoms with E-state index in [-0.39, 0.29) is 46.4 Å². The van der Waals surface area contributed by atoms with Gasteiger partial charge < -0.3 is 7.43 Å². The van der Waals surface area contributed by atoms with Crippen molar-refractivity contribution in [2.75, 3.05) is 0 Å². The summed E-state index contributed by atoms with van der Waals surface area (Å²) in [5, 5.41) is 0. The Balaban J connectivity index is -0.0000000289. The third-order valence-corrected chi connectivity index (χ3v) is 1.11. The molecular formula is C14H13O3Ru2. The van der Waals surface area contributed by atoms with Crippen molar-refractivity contribution in [1.82, 2.24) is 0 Å². The minimum atomic E-state index is 0. The van der Waals surface area contributed by atoms with Gasteiger partial charge in [0, 0.05) is 19.5 Å². The molecule has 0 aromatic carbocycles. The predicted molar refractivity (Wildman–Crippen MR) is 61.2 cm³/mol. The Bertz CT molecular complexity index is 120. The molecule has 0 aliphatic heterocycles. The van der Waals surface area contributed by atoms with E-state index in [9.17, 15) is 0 Å². The van der Waals surface area contributed by atoms with Crippen LogP contribution in [0.25, 0.3) is 0 Å². The zero-order valence-electron chi connectivity index (χ0n) is 10.2. The van der Waals surface area contributed by atoms with E-state index in [0.29, 0.717) is 0 Å². The van der Waals surface area contributed by atoms with Crippen LogP contribution in [0.2, 0.25) is 0 Å². The Kier molecular flexibility index (Phi) is 99.1. The van der Waals surface area contributed by atoms with Crippen LogP contribution in [0.4, 0.5) is 0 Å². The van der Waals surface area contributed by atoms with Crippen molar-refractivity contribution in [3.8, 4) is 0 Å². The Hall–Kier alpha value is 0.467. The average molecular weight is 431 g/mol. The Labute approximate surface area is 144 Å². The molecule has 0 unspecified atom stereocenters. The van der Waals surface area contributed by atoms with Gasteiger partial charge in [0.15, 0.2) is 0 Å². The summed E-state index contributed by atoms with van der Waals surface area (Å²) in [5.74, 6) is 0. The minimum absolute atomic E-state index is 0. The molecule has 2 aliphatic rings. The maximum absolute atomic E-state index is 7.50. The topological polar surface area (TPSA) is 59.7 Å². The van der Waals surface area contributed by atoms with Gasteiger partial charge in [0.25, 0.3) is 0 Å². The molecule has 3 nitrogen and oxygen atoms in total. The van der Waals surface area contributed by atoms with Crippen LogP contribution in [0.15, 0.2) is 0 Å². The smallest absolute Gasteiger partial charge is 0.358 e. The fourth-order valence-electron chi connectivity index (χ4n) is 0.642. The van der Waals surface area contributed by atoms with Crippen molar-refractivity contribution in [3.63, 3.8) is 0 Å². The van der Waals surface area contributed by atoms with Gasteiger partial charge in [0.05, 0.1) is 0 Å². The average Bonchev–Trinajstić information content (AvgIpc) is 3.14. The van der Waals surface area contributed by atoms with E-state index in [2.05, 4.69) is 20.0 Å². The fourth-order valence-corrected chi connectivity index (χ4v) is 0.642. The monoisotopic (exact) mass is 433 g/mol. The van der Waals surface area contributed by atoms with E-state index in [4.69, 9.17) is 14.0 Å². The molecule has 2 saturated carbocycles. The van der Waals surface area contributed by atoms with Gasteiger partial charge >= 0.3 is 53.4 Å². The van der Waals surface area contributed by atoms with Crippen LogP contribution in [0.3, 0.4) is 0 Å². The fraction of sp³-hybridized carbons (Fsp3) is 0. The molecule has 2 aliphatic carbocycles. The number of rotatable bonds is 0. The third kappa shape index (κ3) is 45.7. The second-order valence-electron chi connectivity index (χ2n) is 1.92. The van der Waals surface area contributed by atoms with Crippen molar-refractivity contribution >= 4 is 0 Å². The van der Waals surface area contributed by atoms with E-state index < -0.39 is 0 Å². The first-order valence-corrected chi connectivity index (χ1v) is 3.95. The van der Waals surface area contributed by atoms with Crippen LogP contribution in [-0.2, 0) is 52.9 Å². The summed E-state index contributed by atoms with van der Waals surface area (Å²) < 4.78 is 22.5. The van der Waals surface area contributed by atoms with Crippen LogP contribution in [0, 0.1) is 91.6 Å².